The van der Waals surface area contributed by atoms with E-state index in [1.807, 2.05) is 0 Å². The molecule has 1 unspecified atom stereocenters. The number of nitrogens with one attached hydrogen (secondary N) is 3. The second-order valence-electron chi connectivity index (χ2n) is 9.55. The molecule has 3 aromatic heterocycles. The highest BCUT2D eigenvalue weighted by Crippen LogP contribution is 2.34. The SMILES string of the molecule is CC(COC(=O)C(F)(F)F)Nc1n[nH]c2nccc(Oc3ccc(NC(=O)c4cccc(-c5ccc(F)cc5)[n+]4[O-])cc3F)c12. The largest absolute Gasteiger partial charge is 0.618 e. The first-order valence-electron chi connectivity index (χ1n) is 13.0. The molecule has 0 fully saturated rings. The number of hydrogen-bond acceptors (Lipinski definition) is 8. The van der Waals surface area contributed by atoms with Crippen molar-refractivity contribution in [1.82, 2.24) is 15.2 Å². The summed E-state index contributed by atoms with van der Waals surface area (Å²) < 4.78 is 76.1. The summed E-state index contributed by atoms with van der Waals surface area (Å²) in [6, 6.07) is 13.5. The number of pyridine rings is 2. The number of alkyl halides is 3. The highest BCUT2D eigenvalue weighted by molar-refractivity contribution is 6.02. The van der Waals surface area contributed by atoms with E-state index in [-0.39, 0.29) is 45.4 Å². The molecule has 2 aromatic carbocycles. The van der Waals surface area contributed by atoms with Gasteiger partial charge in [0, 0.05) is 41.7 Å². The van der Waals surface area contributed by atoms with E-state index < -0.39 is 42.3 Å². The summed E-state index contributed by atoms with van der Waals surface area (Å²) in [5, 5.41) is 25.0. The Morgan fingerprint density at radius 3 is 2.51 bits per heavy atom. The number of fused-ring (bicyclic) bond motifs is 1. The molecule has 3 heterocycles. The average Bonchev–Trinajstić information content (AvgIpc) is 3.40. The van der Waals surface area contributed by atoms with Gasteiger partial charge in [-0.1, -0.05) is 0 Å². The van der Waals surface area contributed by atoms with Gasteiger partial charge in [-0.25, -0.2) is 18.6 Å². The Hall–Kier alpha value is -5.80. The predicted molar refractivity (Wildman–Crippen MR) is 149 cm³/mol. The number of aromatic nitrogens is 4. The Morgan fingerprint density at radius 1 is 1.04 bits per heavy atom. The van der Waals surface area contributed by atoms with E-state index in [0.29, 0.717) is 10.3 Å². The van der Waals surface area contributed by atoms with Crippen molar-refractivity contribution in [3.63, 3.8) is 0 Å². The summed E-state index contributed by atoms with van der Waals surface area (Å²) in [5.41, 5.74) is 0.400. The number of halogens is 5. The standard InChI is InChI=1S/C29H21F5N6O5/c1-15(14-44-28(42)29(32,33)34)36-26-24-23(11-12-35-25(24)38-39-26)45-22-10-9-18(13-19(22)31)37-27(41)21-4-2-3-20(40(21)43)16-5-7-17(30)8-6-16/h2-13,15H,14H2,1H3,(H,37,41)(H2,35,36,38,39). The summed E-state index contributed by atoms with van der Waals surface area (Å²) in [5.74, 6) is -4.67. The lowest BCUT2D eigenvalue weighted by atomic mass is 10.1. The first-order valence-corrected chi connectivity index (χ1v) is 13.0. The molecule has 0 bridgehead atoms. The fourth-order valence-electron chi connectivity index (χ4n) is 4.14. The van der Waals surface area contributed by atoms with Gasteiger partial charge < -0.3 is 25.3 Å². The number of H-pyrrole nitrogens is 1. The maximum atomic E-state index is 15.1. The van der Waals surface area contributed by atoms with Crippen LogP contribution < -0.4 is 20.1 Å². The van der Waals surface area contributed by atoms with Gasteiger partial charge in [-0.2, -0.15) is 23.0 Å². The lowest BCUT2D eigenvalue weighted by Crippen LogP contribution is -2.38. The quantitative estimate of drug-likeness (QED) is 0.0842. The van der Waals surface area contributed by atoms with Crippen LogP contribution in [0, 0.1) is 16.8 Å². The van der Waals surface area contributed by atoms with Gasteiger partial charge in [0.15, 0.2) is 23.0 Å². The molecule has 0 saturated carbocycles. The van der Waals surface area contributed by atoms with Crippen molar-refractivity contribution in [2.24, 2.45) is 0 Å². The monoisotopic (exact) mass is 628 g/mol. The Balaban J connectivity index is 1.30. The van der Waals surface area contributed by atoms with Gasteiger partial charge in [0.25, 0.3) is 5.69 Å². The van der Waals surface area contributed by atoms with E-state index in [1.54, 1.807) is 0 Å². The van der Waals surface area contributed by atoms with Gasteiger partial charge in [-0.05, 0) is 49.4 Å². The summed E-state index contributed by atoms with van der Waals surface area (Å²) in [6.07, 6.45) is -3.79. The van der Waals surface area contributed by atoms with Crippen LogP contribution in [0.4, 0.5) is 33.5 Å². The molecule has 1 amide bonds. The van der Waals surface area contributed by atoms with Gasteiger partial charge in [0.05, 0.1) is 6.04 Å². The van der Waals surface area contributed by atoms with E-state index in [1.165, 1.54) is 73.8 Å². The number of esters is 1. The smallest absolute Gasteiger partial charge is 0.490 e. The van der Waals surface area contributed by atoms with Crippen LogP contribution in [0.2, 0.25) is 0 Å². The molecule has 11 nitrogen and oxygen atoms in total. The molecular weight excluding hydrogens is 607 g/mol. The van der Waals surface area contributed by atoms with Gasteiger partial charge >= 0.3 is 18.1 Å². The van der Waals surface area contributed by atoms with Crippen molar-refractivity contribution in [3.8, 4) is 22.8 Å². The summed E-state index contributed by atoms with van der Waals surface area (Å²) in [6.45, 7) is 0.814. The highest BCUT2D eigenvalue weighted by atomic mass is 19.4. The van der Waals surface area contributed by atoms with Crippen LogP contribution in [-0.2, 0) is 9.53 Å². The summed E-state index contributed by atoms with van der Waals surface area (Å²) in [7, 11) is 0. The Bertz CT molecular complexity index is 1880. The maximum Gasteiger partial charge on any atom is 0.490 e. The molecule has 5 rings (SSSR count). The molecule has 0 aliphatic heterocycles. The maximum absolute atomic E-state index is 15.1. The first kappa shape index (κ1) is 30.7. The van der Waals surface area contributed by atoms with Crippen LogP contribution in [-0.4, -0.2) is 45.9 Å². The van der Waals surface area contributed by atoms with Gasteiger partial charge in [0.2, 0.25) is 5.69 Å². The zero-order valence-electron chi connectivity index (χ0n) is 23.0. The number of carbonyl (C=O) groups excluding carboxylic acids is 2. The molecular formula is C29H21F5N6O5. The average molecular weight is 629 g/mol. The Labute approximate surface area is 250 Å². The molecule has 3 N–H and O–H groups in total. The zero-order chi connectivity index (χ0) is 32.3. The van der Waals surface area contributed by atoms with Crippen LogP contribution in [0.3, 0.4) is 0 Å². The van der Waals surface area contributed by atoms with E-state index in [4.69, 9.17) is 4.74 Å². The molecule has 0 aliphatic carbocycles. The van der Waals surface area contributed by atoms with Crippen LogP contribution >= 0.6 is 0 Å². The van der Waals surface area contributed by atoms with Crippen molar-refractivity contribution in [2.75, 3.05) is 17.2 Å². The third kappa shape index (κ3) is 6.90. The molecule has 45 heavy (non-hydrogen) atoms. The van der Waals surface area contributed by atoms with Crippen LogP contribution in [0.5, 0.6) is 11.5 Å². The number of amides is 1. The lowest BCUT2D eigenvalue weighted by molar-refractivity contribution is -0.595. The Kier molecular flexibility index (Phi) is 8.47. The van der Waals surface area contributed by atoms with Crippen molar-refractivity contribution in [3.05, 3.63) is 95.5 Å². The van der Waals surface area contributed by atoms with Gasteiger partial charge in [-0.15, -0.1) is 0 Å². The van der Waals surface area contributed by atoms with Crippen molar-refractivity contribution in [2.45, 2.75) is 19.1 Å². The number of carbonyl (C=O) groups is 2. The van der Waals surface area contributed by atoms with Crippen molar-refractivity contribution < 1.29 is 45.7 Å². The van der Waals surface area contributed by atoms with E-state index in [2.05, 4.69) is 30.6 Å². The molecule has 5 aromatic rings. The predicted octanol–water partition coefficient (Wildman–Crippen LogP) is 5.49. The lowest BCUT2D eigenvalue weighted by Gasteiger charge is -2.15. The first-order chi connectivity index (χ1) is 21.4. The second-order valence-corrected chi connectivity index (χ2v) is 9.55. The summed E-state index contributed by atoms with van der Waals surface area (Å²) >= 11 is 0. The van der Waals surface area contributed by atoms with E-state index in [9.17, 15) is 32.4 Å². The number of hydrogen-bond donors (Lipinski definition) is 3. The molecule has 0 spiro atoms. The number of aromatic amines is 1. The summed E-state index contributed by atoms with van der Waals surface area (Å²) in [4.78, 5) is 28.0. The minimum atomic E-state index is -5.14. The highest BCUT2D eigenvalue weighted by Gasteiger charge is 2.41. The van der Waals surface area contributed by atoms with Gasteiger partial charge in [-0.3, -0.25) is 9.89 Å². The molecule has 0 saturated heterocycles. The number of anilines is 2. The topological polar surface area (TPSA) is 145 Å². The number of nitrogens with zero attached hydrogens (tertiary/aromatic N) is 3. The number of benzene rings is 2. The zero-order valence-corrected chi connectivity index (χ0v) is 23.0. The minimum absolute atomic E-state index is 0.00445. The molecule has 1 atom stereocenters. The third-order valence-corrected chi connectivity index (χ3v) is 6.23. The molecule has 232 valence electrons. The van der Waals surface area contributed by atoms with Crippen molar-refractivity contribution >= 4 is 34.4 Å². The normalized spacial score (nSPS) is 12.0. The third-order valence-electron chi connectivity index (χ3n) is 6.23. The minimum Gasteiger partial charge on any atom is -0.618 e. The second kappa shape index (κ2) is 12.4. The van der Waals surface area contributed by atoms with Gasteiger partial charge in [0.1, 0.15) is 23.6 Å². The fourth-order valence-corrected chi connectivity index (χ4v) is 4.14. The molecule has 16 heteroatoms. The fraction of sp³-hybridized carbons (Fsp3) is 0.138. The number of ether oxygens (including phenoxy) is 2. The molecule has 0 radical (unpaired) electrons. The number of rotatable bonds is 9. The van der Waals surface area contributed by atoms with E-state index in [0.717, 1.165) is 6.07 Å². The van der Waals surface area contributed by atoms with Crippen LogP contribution in [0.1, 0.15) is 17.4 Å². The Morgan fingerprint density at radius 2 is 1.80 bits per heavy atom. The van der Waals surface area contributed by atoms with Crippen LogP contribution in [0.15, 0.2) is 72.9 Å². The van der Waals surface area contributed by atoms with Crippen molar-refractivity contribution in [1.29, 1.82) is 0 Å². The van der Waals surface area contributed by atoms with E-state index >= 15 is 4.39 Å². The molecule has 0 aliphatic rings. The van der Waals surface area contributed by atoms with Crippen LogP contribution in [0.25, 0.3) is 22.3 Å².